The molecule has 1 aliphatic heterocycles. The molecule has 1 fully saturated rings. The molecule has 5 nitrogen and oxygen atoms in total. The Labute approximate surface area is 109 Å². The SMILES string of the molecule is CCCNC(=O)CCC(=O)N1CCNC(C)C1C. The van der Waals surface area contributed by atoms with Gasteiger partial charge in [-0.2, -0.15) is 0 Å². The van der Waals surface area contributed by atoms with Crippen LogP contribution in [0.4, 0.5) is 0 Å². The first-order valence-corrected chi connectivity index (χ1v) is 6.85. The van der Waals surface area contributed by atoms with Gasteiger partial charge in [-0.1, -0.05) is 6.92 Å². The van der Waals surface area contributed by atoms with Crippen LogP contribution >= 0.6 is 0 Å². The smallest absolute Gasteiger partial charge is 0.223 e. The molecule has 1 rings (SSSR count). The summed E-state index contributed by atoms with van der Waals surface area (Å²) in [6.07, 6.45) is 1.53. The highest BCUT2D eigenvalue weighted by molar-refractivity contribution is 5.84. The van der Waals surface area contributed by atoms with Gasteiger partial charge in [0, 0.05) is 44.6 Å². The first kappa shape index (κ1) is 15.0. The molecule has 2 N–H and O–H groups in total. The molecule has 5 heteroatoms. The molecule has 2 atom stereocenters. The second-order valence-corrected chi connectivity index (χ2v) is 4.92. The Kier molecular flexibility index (Phi) is 6.12. The van der Waals surface area contributed by atoms with Crippen molar-refractivity contribution in [2.24, 2.45) is 0 Å². The summed E-state index contributed by atoms with van der Waals surface area (Å²) in [6.45, 7) is 8.40. The van der Waals surface area contributed by atoms with E-state index in [9.17, 15) is 9.59 Å². The lowest BCUT2D eigenvalue weighted by molar-refractivity contribution is -0.136. The van der Waals surface area contributed by atoms with E-state index in [0.717, 1.165) is 19.5 Å². The Morgan fingerprint density at radius 1 is 1.33 bits per heavy atom. The predicted molar refractivity (Wildman–Crippen MR) is 71.2 cm³/mol. The number of nitrogens with zero attached hydrogens (tertiary/aromatic N) is 1. The van der Waals surface area contributed by atoms with E-state index < -0.39 is 0 Å². The van der Waals surface area contributed by atoms with E-state index in [4.69, 9.17) is 0 Å². The number of piperazine rings is 1. The minimum Gasteiger partial charge on any atom is -0.356 e. The lowest BCUT2D eigenvalue weighted by Gasteiger charge is -2.38. The molecule has 1 saturated heterocycles. The molecular formula is C13H25N3O2. The van der Waals surface area contributed by atoms with Gasteiger partial charge in [0.15, 0.2) is 0 Å². The molecule has 2 unspecified atom stereocenters. The van der Waals surface area contributed by atoms with Crippen LogP contribution in [0.15, 0.2) is 0 Å². The summed E-state index contributed by atoms with van der Waals surface area (Å²) >= 11 is 0. The second kappa shape index (κ2) is 7.36. The van der Waals surface area contributed by atoms with Gasteiger partial charge in [-0.05, 0) is 20.3 Å². The fourth-order valence-electron chi connectivity index (χ4n) is 2.13. The maximum Gasteiger partial charge on any atom is 0.223 e. The maximum atomic E-state index is 12.1. The molecule has 104 valence electrons. The molecular weight excluding hydrogens is 230 g/mol. The van der Waals surface area contributed by atoms with Crippen molar-refractivity contribution in [3.63, 3.8) is 0 Å². The number of nitrogens with one attached hydrogen (secondary N) is 2. The van der Waals surface area contributed by atoms with E-state index in [1.54, 1.807) is 0 Å². The molecule has 0 aromatic heterocycles. The quantitative estimate of drug-likeness (QED) is 0.752. The van der Waals surface area contributed by atoms with Crippen molar-refractivity contribution in [1.29, 1.82) is 0 Å². The predicted octanol–water partition coefficient (Wildman–Crippen LogP) is 0.502. The largest absolute Gasteiger partial charge is 0.356 e. The number of carbonyl (C=O) groups is 2. The average Bonchev–Trinajstić information content (AvgIpc) is 2.36. The van der Waals surface area contributed by atoms with Gasteiger partial charge < -0.3 is 15.5 Å². The van der Waals surface area contributed by atoms with Gasteiger partial charge in [0.05, 0.1) is 0 Å². The van der Waals surface area contributed by atoms with Crippen molar-refractivity contribution in [1.82, 2.24) is 15.5 Å². The fourth-order valence-corrected chi connectivity index (χ4v) is 2.13. The van der Waals surface area contributed by atoms with Gasteiger partial charge >= 0.3 is 0 Å². The van der Waals surface area contributed by atoms with Gasteiger partial charge in [0.2, 0.25) is 11.8 Å². The van der Waals surface area contributed by atoms with Crippen molar-refractivity contribution in [3.05, 3.63) is 0 Å². The topological polar surface area (TPSA) is 61.4 Å². The summed E-state index contributed by atoms with van der Waals surface area (Å²) in [5, 5.41) is 6.12. The maximum absolute atomic E-state index is 12.1. The normalized spacial score (nSPS) is 23.8. The zero-order valence-corrected chi connectivity index (χ0v) is 11.7. The van der Waals surface area contributed by atoms with Crippen molar-refractivity contribution in [2.75, 3.05) is 19.6 Å². The number of amides is 2. The highest BCUT2D eigenvalue weighted by Gasteiger charge is 2.27. The molecule has 0 radical (unpaired) electrons. The van der Waals surface area contributed by atoms with Crippen LogP contribution in [0.25, 0.3) is 0 Å². The number of carbonyl (C=O) groups excluding carboxylic acids is 2. The van der Waals surface area contributed by atoms with Gasteiger partial charge in [-0.3, -0.25) is 9.59 Å². The highest BCUT2D eigenvalue weighted by Crippen LogP contribution is 2.11. The molecule has 0 aliphatic carbocycles. The van der Waals surface area contributed by atoms with Crippen molar-refractivity contribution < 1.29 is 9.59 Å². The molecule has 0 spiro atoms. The lowest BCUT2D eigenvalue weighted by atomic mass is 10.1. The third-order valence-electron chi connectivity index (χ3n) is 3.49. The van der Waals surface area contributed by atoms with E-state index in [2.05, 4.69) is 17.6 Å². The minimum atomic E-state index is -0.0268. The zero-order chi connectivity index (χ0) is 13.5. The molecule has 1 heterocycles. The Morgan fingerprint density at radius 2 is 2.06 bits per heavy atom. The van der Waals surface area contributed by atoms with E-state index in [1.807, 2.05) is 18.7 Å². The van der Waals surface area contributed by atoms with Crippen LogP contribution in [0.2, 0.25) is 0 Å². The summed E-state index contributed by atoms with van der Waals surface area (Å²) in [4.78, 5) is 25.4. The summed E-state index contributed by atoms with van der Waals surface area (Å²) in [7, 11) is 0. The molecule has 0 bridgehead atoms. The molecule has 2 amide bonds. The van der Waals surface area contributed by atoms with Crippen molar-refractivity contribution >= 4 is 11.8 Å². The van der Waals surface area contributed by atoms with Crippen molar-refractivity contribution in [2.45, 2.75) is 52.1 Å². The second-order valence-electron chi connectivity index (χ2n) is 4.92. The number of hydrogen-bond donors (Lipinski definition) is 2. The lowest BCUT2D eigenvalue weighted by Crippen LogP contribution is -2.57. The van der Waals surface area contributed by atoms with Crippen LogP contribution in [0.1, 0.15) is 40.0 Å². The minimum absolute atomic E-state index is 0.0268. The van der Waals surface area contributed by atoms with Gasteiger partial charge in [0.25, 0.3) is 0 Å². The van der Waals surface area contributed by atoms with Crippen LogP contribution in [-0.2, 0) is 9.59 Å². The van der Waals surface area contributed by atoms with Gasteiger partial charge in [-0.15, -0.1) is 0 Å². The zero-order valence-electron chi connectivity index (χ0n) is 11.7. The van der Waals surface area contributed by atoms with E-state index in [0.29, 0.717) is 25.4 Å². The van der Waals surface area contributed by atoms with Gasteiger partial charge in [-0.25, -0.2) is 0 Å². The van der Waals surface area contributed by atoms with Crippen LogP contribution in [0.5, 0.6) is 0 Å². The first-order valence-electron chi connectivity index (χ1n) is 6.85. The standard InChI is InChI=1S/C13H25N3O2/c1-4-7-15-12(17)5-6-13(18)16-9-8-14-10(2)11(16)3/h10-11,14H,4-9H2,1-3H3,(H,15,17). The first-order chi connectivity index (χ1) is 8.56. The molecule has 0 saturated carbocycles. The van der Waals surface area contributed by atoms with E-state index in [-0.39, 0.29) is 17.9 Å². The van der Waals surface area contributed by atoms with Gasteiger partial charge in [0.1, 0.15) is 0 Å². The van der Waals surface area contributed by atoms with Crippen molar-refractivity contribution in [3.8, 4) is 0 Å². The highest BCUT2D eigenvalue weighted by atomic mass is 16.2. The average molecular weight is 255 g/mol. The molecule has 0 aromatic rings. The summed E-state index contributed by atoms with van der Waals surface area (Å²) < 4.78 is 0. The van der Waals surface area contributed by atoms with Crippen LogP contribution in [0, 0.1) is 0 Å². The summed E-state index contributed by atoms with van der Waals surface area (Å²) in [6, 6.07) is 0.515. The Morgan fingerprint density at radius 3 is 2.72 bits per heavy atom. The molecule has 1 aliphatic rings. The molecule has 18 heavy (non-hydrogen) atoms. The fraction of sp³-hybridized carbons (Fsp3) is 0.846. The third-order valence-corrected chi connectivity index (χ3v) is 3.49. The molecule has 0 aromatic carbocycles. The Balaban J connectivity index is 2.33. The van der Waals surface area contributed by atoms with Crippen LogP contribution in [-0.4, -0.2) is 48.4 Å². The number of hydrogen-bond acceptors (Lipinski definition) is 3. The van der Waals surface area contributed by atoms with Crippen LogP contribution in [0.3, 0.4) is 0 Å². The van der Waals surface area contributed by atoms with Crippen LogP contribution < -0.4 is 10.6 Å². The third kappa shape index (κ3) is 4.29. The Bertz CT molecular complexity index is 294. The Hall–Kier alpha value is -1.10. The van der Waals surface area contributed by atoms with E-state index in [1.165, 1.54) is 0 Å². The van der Waals surface area contributed by atoms with E-state index >= 15 is 0 Å². The monoisotopic (exact) mass is 255 g/mol. The summed E-state index contributed by atoms with van der Waals surface area (Å²) in [5.41, 5.74) is 0. The number of rotatable bonds is 5. The summed E-state index contributed by atoms with van der Waals surface area (Å²) in [5.74, 6) is 0.0588.